The van der Waals surface area contributed by atoms with Crippen LogP contribution in [0.2, 0.25) is 0 Å². The number of fused-ring (bicyclic) bond motifs is 1. The summed E-state index contributed by atoms with van der Waals surface area (Å²) in [7, 11) is 0. The first-order valence-corrected chi connectivity index (χ1v) is 6.25. The lowest BCUT2D eigenvalue weighted by Gasteiger charge is -2.04. The number of rotatable bonds is 4. The molecule has 2 rings (SSSR count). The highest BCUT2D eigenvalue weighted by molar-refractivity contribution is 7.18. The largest absolute Gasteiger partial charge is 0.372 e. The minimum absolute atomic E-state index is 0.0935. The van der Waals surface area contributed by atoms with Gasteiger partial charge in [0, 0.05) is 12.3 Å². The predicted octanol–water partition coefficient (Wildman–Crippen LogP) is 2.58. The lowest BCUT2D eigenvalue weighted by Crippen LogP contribution is -2.18. The van der Waals surface area contributed by atoms with Gasteiger partial charge in [0.05, 0.1) is 15.2 Å². The van der Waals surface area contributed by atoms with E-state index < -0.39 is 0 Å². The zero-order chi connectivity index (χ0) is 12.3. The summed E-state index contributed by atoms with van der Waals surface area (Å²) in [5.41, 5.74) is 1.75. The summed E-state index contributed by atoms with van der Waals surface area (Å²) < 4.78 is 6.12. The van der Waals surface area contributed by atoms with Crippen LogP contribution in [-0.4, -0.2) is 24.1 Å². The van der Waals surface area contributed by atoms with E-state index in [0.717, 1.165) is 20.9 Å². The van der Waals surface area contributed by atoms with Crippen LogP contribution >= 0.6 is 11.3 Å². The first kappa shape index (κ1) is 12.0. The minimum Gasteiger partial charge on any atom is -0.372 e. The summed E-state index contributed by atoms with van der Waals surface area (Å²) in [4.78, 5) is 15.8. The van der Waals surface area contributed by atoms with Crippen LogP contribution in [0.3, 0.4) is 0 Å². The Balaban J connectivity index is 2.10. The number of hydrogen-bond donors (Lipinski definition) is 1. The van der Waals surface area contributed by atoms with Gasteiger partial charge in [0.15, 0.2) is 0 Å². The number of thiazole rings is 1. The van der Waals surface area contributed by atoms with Crippen LogP contribution in [0.4, 0.5) is 5.69 Å². The van der Waals surface area contributed by atoms with Crippen molar-refractivity contribution in [1.29, 1.82) is 0 Å². The third kappa shape index (κ3) is 3.01. The van der Waals surface area contributed by atoms with Crippen molar-refractivity contribution in [3.8, 4) is 0 Å². The van der Waals surface area contributed by atoms with E-state index in [0.29, 0.717) is 6.61 Å². The second-order valence-electron chi connectivity index (χ2n) is 3.60. The molecule has 0 aliphatic heterocycles. The van der Waals surface area contributed by atoms with E-state index in [4.69, 9.17) is 4.74 Å². The van der Waals surface area contributed by atoms with E-state index in [1.165, 1.54) is 0 Å². The van der Waals surface area contributed by atoms with Crippen LogP contribution in [-0.2, 0) is 9.53 Å². The van der Waals surface area contributed by atoms with E-state index in [1.54, 1.807) is 11.3 Å². The summed E-state index contributed by atoms with van der Waals surface area (Å²) in [6, 6.07) is 5.70. The number of nitrogens with zero attached hydrogens (tertiary/aromatic N) is 1. The molecule has 0 aliphatic rings. The Morgan fingerprint density at radius 2 is 2.35 bits per heavy atom. The zero-order valence-corrected chi connectivity index (χ0v) is 10.6. The second kappa shape index (κ2) is 5.25. The standard InChI is InChI=1S/C12H14N2O2S/c1-3-16-7-12(15)14-9-4-5-10-11(6-9)17-8(2)13-10/h4-6H,3,7H2,1-2H3,(H,14,15). The number of amides is 1. The molecule has 1 heterocycles. The quantitative estimate of drug-likeness (QED) is 0.907. The Bertz CT molecular complexity index is 536. The van der Waals surface area contributed by atoms with Gasteiger partial charge in [0.2, 0.25) is 5.91 Å². The van der Waals surface area contributed by atoms with E-state index in [1.807, 2.05) is 32.0 Å². The van der Waals surface area contributed by atoms with Crippen LogP contribution in [0.5, 0.6) is 0 Å². The fourth-order valence-electron chi connectivity index (χ4n) is 1.51. The van der Waals surface area contributed by atoms with Crippen LogP contribution in [0.1, 0.15) is 11.9 Å². The fraction of sp³-hybridized carbons (Fsp3) is 0.333. The lowest BCUT2D eigenvalue weighted by atomic mass is 10.3. The number of nitrogens with one attached hydrogen (secondary N) is 1. The SMILES string of the molecule is CCOCC(=O)Nc1ccc2nc(C)sc2c1. The number of benzene rings is 1. The van der Waals surface area contributed by atoms with Gasteiger partial charge in [-0.15, -0.1) is 11.3 Å². The number of aromatic nitrogens is 1. The average Bonchev–Trinajstić information content (AvgIpc) is 2.65. The molecule has 90 valence electrons. The van der Waals surface area contributed by atoms with Gasteiger partial charge >= 0.3 is 0 Å². The highest BCUT2D eigenvalue weighted by Gasteiger charge is 2.05. The van der Waals surface area contributed by atoms with Crippen molar-refractivity contribution >= 4 is 33.1 Å². The molecule has 1 aromatic carbocycles. The van der Waals surface area contributed by atoms with Crippen molar-refractivity contribution in [2.24, 2.45) is 0 Å². The molecule has 2 aromatic rings. The molecule has 0 unspecified atom stereocenters. The van der Waals surface area contributed by atoms with Crippen molar-refractivity contribution in [1.82, 2.24) is 4.98 Å². The molecule has 17 heavy (non-hydrogen) atoms. The topological polar surface area (TPSA) is 51.2 Å². The number of aryl methyl sites for hydroxylation is 1. The molecule has 1 aromatic heterocycles. The first-order valence-electron chi connectivity index (χ1n) is 5.44. The Labute approximate surface area is 104 Å². The number of ether oxygens (including phenoxy) is 1. The van der Waals surface area contributed by atoms with Gasteiger partial charge in [-0.2, -0.15) is 0 Å². The van der Waals surface area contributed by atoms with Gasteiger partial charge in [-0.3, -0.25) is 4.79 Å². The van der Waals surface area contributed by atoms with Crippen molar-refractivity contribution < 1.29 is 9.53 Å². The molecule has 0 bridgehead atoms. The third-order valence-corrected chi connectivity index (χ3v) is 3.15. The normalized spacial score (nSPS) is 10.7. The summed E-state index contributed by atoms with van der Waals surface area (Å²) >= 11 is 1.62. The molecule has 0 atom stereocenters. The molecular formula is C12H14N2O2S. The Kier molecular flexibility index (Phi) is 3.71. The number of carbonyl (C=O) groups excluding carboxylic acids is 1. The Morgan fingerprint density at radius 3 is 3.12 bits per heavy atom. The highest BCUT2D eigenvalue weighted by atomic mass is 32.1. The first-order chi connectivity index (χ1) is 8.19. The molecule has 4 nitrogen and oxygen atoms in total. The molecule has 0 radical (unpaired) electrons. The van der Waals surface area contributed by atoms with E-state index in [9.17, 15) is 4.79 Å². The number of anilines is 1. The Morgan fingerprint density at radius 1 is 1.53 bits per heavy atom. The predicted molar refractivity (Wildman–Crippen MR) is 69.5 cm³/mol. The van der Waals surface area contributed by atoms with Crippen LogP contribution in [0.15, 0.2) is 18.2 Å². The van der Waals surface area contributed by atoms with Crippen LogP contribution < -0.4 is 5.32 Å². The van der Waals surface area contributed by atoms with Gasteiger partial charge < -0.3 is 10.1 Å². The summed E-state index contributed by atoms with van der Waals surface area (Å²) in [6.07, 6.45) is 0. The minimum atomic E-state index is -0.132. The molecule has 1 amide bonds. The van der Waals surface area contributed by atoms with Gasteiger partial charge in [-0.25, -0.2) is 4.98 Å². The van der Waals surface area contributed by atoms with Crippen molar-refractivity contribution in [2.75, 3.05) is 18.5 Å². The molecule has 0 fully saturated rings. The third-order valence-electron chi connectivity index (χ3n) is 2.22. The molecule has 5 heteroatoms. The van der Waals surface area contributed by atoms with E-state index in [2.05, 4.69) is 10.3 Å². The van der Waals surface area contributed by atoms with Crippen LogP contribution in [0, 0.1) is 6.92 Å². The summed E-state index contributed by atoms with van der Waals surface area (Å²) in [6.45, 7) is 4.47. The zero-order valence-electron chi connectivity index (χ0n) is 9.82. The highest BCUT2D eigenvalue weighted by Crippen LogP contribution is 2.24. The Hall–Kier alpha value is -1.46. The van der Waals surface area contributed by atoms with Crippen molar-refractivity contribution in [3.63, 3.8) is 0 Å². The van der Waals surface area contributed by atoms with E-state index >= 15 is 0 Å². The van der Waals surface area contributed by atoms with Gasteiger partial charge in [-0.1, -0.05) is 0 Å². The maximum absolute atomic E-state index is 11.5. The molecule has 0 saturated heterocycles. The van der Waals surface area contributed by atoms with Gasteiger partial charge in [0.1, 0.15) is 6.61 Å². The maximum Gasteiger partial charge on any atom is 0.250 e. The second-order valence-corrected chi connectivity index (χ2v) is 4.84. The number of carbonyl (C=O) groups is 1. The van der Waals surface area contributed by atoms with Crippen LogP contribution in [0.25, 0.3) is 10.2 Å². The monoisotopic (exact) mass is 250 g/mol. The fourth-order valence-corrected chi connectivity index (χ4v) is 2.38. The molecule has 0 spiro atoms. The maximum atomic E-state index is 11.5. The summed E-state index contributed by atoms with van der Waals surface area (Å²) in [5.74, 6) is -0.132. The average molecular weight is 250 g/mol. The van der Waals surface area contributed by atoms with Gasteiger partial charge in [0.25, 0.3) is 0 Å². The molecule has 1 N–H and O–H groups in total. The molecule has 0 aliphatic carbocycles. The smallest absolute Gasteiger partial charge is 0.250 e. The van der Waals surface area contributed by atoms with Crippen molar-refractivity contribution in [3.05, 3.63) is 23.2 Å². The van der Waals surface area contributed by atoms with Gasteiger partial charge in [-0.05, 0) is 32.0 Å². The molecular weight excluding hydrogens is 236 g/mol. The number of hydrogen-bond acceptors (Lipinski definition) is 4. The lowest BCUT2D eigenvalue weighted by molar-refractivity contribution is -0.120. The molecule has 0 saturated carbocycles. The van der Waals surface area contributed by atoms with Crippen molar-refractivity contribution in [2.45, 2.75) is 13.8 Å². The van der Waals surface area contributed by atoms with E-state index in [-0.39, 0.29) is 12.5 Å². The summed E-state index contributed by atoms with van der Waals surface area (Å²) in [5, 5.41) is 3.82.